The van der Waals surface area contributed by atoms with Gasteiger partial charge in [0.25, 0.3) is 0 Å². The van der Waals surface area contributed by atoms with Crippen LogP contribution in [0.2, 0.25) is 0 Å². The Bertz CT molecular complexity index is 684. The van der Waals surface area contributed by atoms with Gasteiger partial charge in [-0.05, 0) is 57.7 Å². The lowest BCUT2D eigenvalue weighted by Crippen LogP contribution is -2.64. The Balaban J connectivity index is 1.92. The number of fused-ring (bicyclic) bond motifs is 3. The highest BCUT2D eigenvalue weighted by Crippen LogP contribution is 2.37. The van der Waals surface area contributed by atoms with E-state index in [0.29, 0.717) is 6.61 Å². The molecule has 3 atom stereocenters. The van der Waals surface area contributed by atoms with Crippen LogP contribution >= 0.6 is 0 Å². The highest BCUT2D eigenvalue weighted by atomic mass is 16.6. The molecule has 1 saturated heterocycles. The lowest BCUT2D eigenvalue weighted by molar-refractivity contribution is -0.158. The van der Waals surface area contributed by atoms with Crippen LogP contribution in [0.4, 0.5) is 5.82 Å². The number of methoxy groups -OCH3 is 1. The molecule has 0 saturated carbocycles. The average molecular weight is 361 g/mol. The Morgan fingerprint density at radius 3 is 2.77 bits per heavy atom. The number of hydrogen-bond acceptors (Lipinski definition) is 6. The van der Waals surface area contributed by atoms with E-state index in [1.807, 2.05) is 20.8 Å². The summed E-state index contributed by atoms with van der Waals surface area (Å²) in [6.07, 6.45) is 1.66. The summed E-state index contributed by atoms with van der Waals surface area (Å²) in [6.45, 7) is 11.3. The van der Waals surface area contributed by atoms with Gasteiger partial charge in [0.1, 0.15) is 17.5 Å². The second-order valence-electron chi connectivity index (χ2n) is 8.31. The lowest BCUT2D eigenvalue weighted by Gasteiger charge is -2.42. The molecule has 6 nitrogen and oxygen atoms in total. The van der Waals surface area contributed by atoms with E-state index < -0.39 is 5.60 Å². The number of ether oxygens (including phenoxy) is 2. The first-order chi connectivity index (χ1) is 12.2. The number of pyridine rings is 1. The largest absolute Gasteiger partial charge is 0.459 e. The number of esters is 1. The summed E-state index contributed by atoms with van der Waals surface area (Å²) in [5.74, 6) is 0.842. The maximum absolute atomic E-state index is 12.8. The predicted molar refractivity (Wildman–Crippen MR) is 101 cm³/mol. The molecule has 0 aromatic carbocycles. The van der Waals surface area contributed by atoms with Gasteiger partial charge < -0.3 is 19.7 Å². The van der Waals surface area contributed by atoms with Crippen LogP contribution in [0.3, 0.4) is 0 Å². The molecule has 1 N–H and O–H groups in total. The van der Waals surface area contributed by atoms with Crippen LogP contribution in [0.15, 0.2) is 6.07 Å². The summed E-state index contributed by atoms with van der Waals surface area (Å²) in [6, 6.07) is 2.20. The van der Waals surface area contributed by atoms with Crippen LogP contribution in [-0.2, 0) is 33.7 Å². The first kappa shape index (κ1) is 19.1. The highest BCUT2D eigenvalue weighted by molar-refractivity contribution is 5.79. The first-order valence-electron chi connectivity index (χ1n) is 9.50. The predicted octanol–water partition coefficient (Wildman–Crippen LogP) is 2.22. The molecule has 26 heavy (non-hydrogen) atoms. The number of nitrogens with zero attached hydrogens (tertiary/aromatic N) is 2. The fraction of sp³-hybridized carbons (Fsp3) is 0.700. The van der Waals surface area contributed by atoms with Crippen molar-refractivity contribution in [1.29, 1.82) is 0 Å². The maximum atomic E-state index is 12.8. The molecule has 0 radical (unpaired) electrons. The third-order valence-electron chi connectivity index (χ3n) is 5.07. The lowest BCUT2D eigenvalue weighted by atomic mass is 9.98. The number of aryl methyl sites for hydroxylation is 1. The van der Waals surface area contributed by atoms with Gasteiger partial charge in [0.05, 0.1) is 12.6 Å². The molecule has 144 valence electrons. The minimum Gasteiger partial charge on any atom is -0.459 e. The quantitative estimate of drug-likeness (QED) is 0.830. The maximum Gasteiger partial charge on any atom is 0.325 e. The zero-order valence-electron chi connectivity index (χ0n) is 16.8. The fourth-order valence-corrected chi connectivity index (χ4v) is 4.02. The summed E-state index contributed by atoms with van der Waals surface area (Å²) < 4.78 is 11.0. The normalized spacial score (nSPS) is 25.0. The van der Waals surface area contributed by atoms with E-state index in [9.17, 15) is 4.79 Å². The van der Waals surface area contributed by atoms with Gasteiger partial charge >= 0.3 is 5.97 Å². The number of anilines is 1. The van der Waals surface area contributed by atoms with E-state index in [1.54, 1.807) is 7.11 Å². The molecule has 1 unspecified atom stereocenters. The summed E-state index contributed by atoms with van der Waals surface area (Å²) in [5, 5.41) is 3.40. The van der Waals surface area contributed by atoms with E-state index >= 15 is 0 Å². The summed E-state index contributed by atoms with van der Waals surface area (Å²) >= 11 is 0. The van der Waals surface area contributed by atoms with E-state index in [4.69, 9.17) is 14.5 Å². The number of nitrogens with one attached hydrogen (secondary N) is 1. The van der Waals surface area contributed by atoms with Crippen molar-refractivity contribution in [1.82, 2.24) is 10.3 Å². The molecular formula is C20H31N3O3. The van der Waals surface area contributed by atoms with Gasteiger partial charge in [0, 0.05) is 25.4 Å². The minimum absolute atomic E-state index is 0.0404. The molecule has 6 heteroatoms. The van der Waals surface area contributed by atoms with Crippen molar-refractivity contribution in [2.75, 3.05) is 18.6 Å². The Labute approximate surface area is 156 Å². The van der Waals surface area contributed by atoms with Gasteiger partial charge in [0.15, 0.2) is 0 Å². The van der Waals surface area contributed by atoms with Gasteiger partial charge in [-0.3, -0.25) is 4.79 Å². The topological polar surface area (TPSA) is 63.7 Å². The molecular weight excluding hydrogens is 330 g/mol. The molecule has 0 aliphatic carbocycles. The molecule has 0 spiro atoms. The van der Waals surface area contributed by atoms with E-state index in [0.717, 1.165) is 36.5 Å². The van der Waals surface area contributed by atoms with Crippen molar-refractivity contribution >= 4 is 11.8 Å². The van der Waals surface area contributed by atoms with Crippen LogP contribution in [0.1, 0.15) is 51.4 Å². The van der Waals surface area contributed by atoms with Crippen molar-refractivity contribution < 1.29 is 14.3 Å². The number of carbonyl (C=O) groups excluding carboxylic acids is 1. The number of piperazine rings is 1. The SMILES string of the molecule is CCc1nc2c(cc1COC)C[C@@H]1C(C(=O)OC(C)(C)C)NC[C@@H](C)N21. The average Bonchev–Trinajstić information content (AvgIpc) is 2.91. The van der Waals surface area contributed by atoms with Crippen molar-refractivity contribution in [3.8, 4) is 0 Å². The Kier molecular flexibility index (Phi) is 5.26. The van der Waals surface area contributed by atoms with Crippen molar-refractivity contribution in [3.63, 3.8) is 0 Å². The number of rotatable bonds is 4. The molecule has 3 rings (SSSR count). The van der Waals surface area contributed by atoms with E-state index in [2.05, 4.69) is 30.1 Å². The summed E-state index contributed by atoms with van der Waals surface area (Å²) in [7, 11) is 1.71. The first-order valence-corrected chi connectivity index (χ1v) is 9.50. The van der Waals surface area contributed by atoms with Gasteiger partial charge in [-0.15, -0.1) is 0 Å². The van der Waals surface area contributed by atoms with Crippen molar-refractivity contribution in [2.45, 2.75) is 77.8 Å². The smallest absolute Gasteiger partial charge is 0.325 e. The Hall–Kier alpha value is -1.66. The third kappa shape index (κ3) is 3.58. The molecule has 1 aromatic heterocycles. The van der Waals surface area contributed by atoms with Crippen LogP contribution < -0.4 is 10.2 Å². The Morgan fingerprint density at radius 2 is 2.15 bits per heavy atom. The summed E-state index contributed by atoms with van der Waals surface area (Å²) in [5.41, 5.74) is 2.93. The van der Waals surface area contributed by atoms with E-state index in [-0.39, 0.29) is 24.1 Å². The van der Waals surface area contributed by atoms with Crippen molar-refractivity contribution in [3.05, 3.63) is 22.9 Å². The third-order valence-corrected chi connectivity index (χ3v) is 5.07. The molecule has 2 aliphatic heterocycles. The van der Waals surface area contributed by atoms with Crippen LogP contribution in [-0.4, -0.2) is 48.3 Å². The zero-order chi connectivity index (χ0) is 19.1. The number of hydrogen-bond donors (Lipinski definition) is 1. The molecule has 1 fully saturated rings. The second kappa shape index (κ2) is 7.16. The molecule has 1 aromatic rings. The molecule has 3 heterocycles. The van der Waals surface area contributed by atoms with Gasteiger partial charge in [-0.1, -0.05) is 6.92 Å². The molecule has 0 amide bonds. The molecule has 2 aliphatic rings. The second-order valence-corrected chi connectivity index (χ2v) is 8.31. The monoisotopic (exact) mass is 361 g/mol. The summed E-state index contributed by atoms with van der Waals surface area (Å²) in [4.78, 5) is 20.0. The number of aromatic nitrogens is 1. The fourth-order valence-electron chi connectivity index (χ4n) is 4.02. The Morgan fingerprint density at radius 1 is 1.42 bits per heavy atom. The van der Waals surface area contributed by atoms with Gasteiger partial charge in [-0.25, -0.2) is 4.98 Å². The van der Waals surface area contributed by atoms with Gasteiger partial charge in [-0.2, -0.15) is 0 Å². The number of carbonyl (C=O) groups is 1. The minimum atomic E-state index is -0.489. The molecule has 0 bridgehead atoms. The van der Waals surface area contributed by atoms with Gasteiger partial charge in [0.2, 0.25) is 0 Å². The van der Waals surface area contributed by atoms with Crippen LogP contribution in [0.5, 0.6) is 0 Å². The highest BCUT2D eigenvalue weighted by Gasteiger charge is 2.46. The standard InChI is InChI=1S/C20H31N3O3/c1-7-15-14(11-25-6)8-13-9-16-17(19(24)26-20(3,4)5)21-10-12(2)23(16)18(13)22-15/h8,12,16-17,21H,7,9-11H2,1-6H3/t12-,16-,17?/m1/s1. The van der Waals surface area contributed by atoms with E-state index in [1.165, 1.54) is 5.56 Å². The van der Waals surface area contributed by atoms with Crippen molar-refractivity contribution in [2.24, 2.45) is 0 Å². The zero-order valence-corrected chi connectivity index (χ0v) is 16.8. The van der Waals surface area contributed by atoms with Crippen LogP contribution in [0.25, 0.3) is 0 Å². The van der Waals surface area contributed by atoms with Crippen LogP contribution in [0, 0.1) is 0 Å².